The summed E-state index contributed by atoms with van der Waals surface area (Å²) in [5.41, 5.74) is -2.58. The Morgan fingerprint density at radius 1 is 1.00 bits per heavy atom. The van der Waals surface area contributed by atoms with Crippen LogP contribution in [0.1, 0.15) is 29.2 Å². The number of hydrogen-bond acceptors (Lipinski definition) is 0. The smallest absolute Gasteiger partial charge is 0.166 e. The first-order valence-corrected chi connectivity index (χ1v) is 6.09. The third-order valence-electron chi connectivity index (χ3n) is 2.47. The molecule has 0 N–H and O–H groups in total. The van der Waals surface area contributed by atoms with Crippen molar-refractivity contribution in [3.63, 3.8) is 0 Å². The topological polar surface area (TPSA) is 0 Å². The number of rotatable bonds is 2. The van der Waals surface area contributed by atoms with Crippen LogP contribution in [0.4, 0.5) is 26.3 Å². The average Bonchev–Trinajstić information content (AvgIpc) is 2.24. The summed E-state index contributed by atoms with van der Waals surface area (Å²) in [5.74, 6) is 0. The fourth-order valence-corrected chi connectivity index (χ4v) is 2.19. The van der Waals surface area contributed by atoms with Crippen molar-refractivity contribution in [1.82, 2.24) is 0 Å². The molecule has 0 amide bonds. The number of alkyl halides is 7. The highest BCUT2D eigenvalue weighted by Gasteiger charge is 2.38. The van der Waals surface area contributed by atoms with Gasteiger partial charge in [0.25, 0.3) is 0 Å². The zero-order valence-corrected chi connectivity index (χ0v) is 10.8. The van der Waals surface area contributed by atoms with Crippen LogP contribution < -0.4 is 0 Å². The van der Waals surface area contributed by atoms with E-state index < -0.39 is 23.5 Å². The molecule has 18 heavy (non-hydrogen) atoms. The minimum atomic E-state index is -4.79. The van der Waals surface area contributed by atoms with E-state index in [0.29, 0.717) is 0 Å². The lowest BCUT2D eigenvalue weighted by Crippen LogP contribution is -2.15. The Morgan fingerprint density at radius 2 is 1.56 bits per heavy atom. The molecule has 0 heterocycles. The van der Waals surface area contributed by atoms with Gasteiger partial charge in [0.1, 0.15) is 0 Å². The molecular formula is C11H9BrF6. The number of benzene rings is 1. The van der Waals surface area contributed by atoms with Crippen molar-refractivity contribution < 1.29 is 26.3 Å². The van der Waals surface area contributed by atoms with Crippen LogP contribution in [0.15, 0.2) is 12.1 Å². The highest BCUT2D eigenvalue weighted by atomic mass is 79.9. The van der Waals surface area contributed by atoms with Gasteiger partial charge in [0.2, 0.25) is 0 Å². The Labute approximate surface area is 108 Å². The Morgan fingerprint density at radius 3 is 1.89 bits per heavy atom. The first-order chi connectivity index (χ1) is 8.11. The first-order valence-electron chi connectivity index (χ1n) is 4.97. The molecule has 0 aromatic heterocycles. The van der Waals surface area contributed by atoms with E-state index in [0.717, 1.165) is 6.07 Å². The number of hydrogen-bond donors (Lipinski definition) is 0. The lowest BCUT2D eigenvalue weighted by atomic mass is 9.96. The molecule has 1 aromatic rings. The summed E-state index contributed by atoms with van der Waals surface area (Å²) in [6.45, 7) is 1.48. The second-order valence-corrected chi connectivity index (χ2v) is 4.20. The highest BCUT2D eigenvalue weighted by Crippen LogP contribution is 2.39. The zero-order valence-electron chi connectivity index (χ0n) is 9.21. The van der Waals surface area contributed by atoms with Crippen LogP contribution in [0.25, 0.3) is 0 Å². The van der Waals surface area contributed by atoms with E-state index in [1.165, 1.54) is 6.92 Å². The second-order valence-electron chi connectivity index (χ2n) is 3.64. The predicted octanol–water partition coefficient (Wildman–Crippen LogP) is 5.18. The minimum Gasteiger partial charge on any atom is -0.166 e. The molecule has 0 radical (unpaired) electrons. The molecular weight excluding hydrogens is 326 g/mol. The van der Waals surface area contributed by atoms with Gasteiger partial charge in [-0.05, 0) is 29.7 Å². The zero-order chi connectivity index (χ0) is 14.1. The summed E-state index contributed by atoms with van der Waals surface area (Å²) in [4.78, 5) is 0. The van der Waals surface area contributed by atoms with Gasteiger partial charge in [-0.3, -0.25) is 0 Å². The molecule has 1 rings (SSSR count). The molecule has 0 unspecified atom stereocenters. The molecule has 0 aliphatic heterocycles. The van der Waals surface area contributed by atoms with Gasteiger partial charge in [0.15, 0.2) is 0 Å². The van der Waals surface area contributed by atoms with Crippen LogP contribution in [0.3, 0.4) is 0 Å². The van der Waals surface area contributed by atoms with E-state index >= 15 is 0 Å². The van der Waals surface area contributed by atoms with E-state index in [-0.39, 0.29) is 28.9 Å². The molecule has 0 atom stereocenters. The van der Waals surface area contributed by atoms with Crippen molar-refractivity contribution in [2.24, 2.45) is 0 Å². The average molecular weight is 335 g/mol. The lowest BCUT2D eigenvalue weighted by Gasteiger charge is -2.18. The lowest BCUT2D eigenvalue weighted by molar-refractivity contribution is -0.143. The molecule has 0 saturated heterocycles. The monoisotopic (exact) mass is 334 g/mol. The maximum atomic E-state index is 12.7. The van der Waals surface area contributed by atoms with Gasteiger partial charge in [0, 0.05) is 5.33 Å². The quantitative estimate of drug-likeness (QED) is 0.516. The van der Waals surface area contributed by atoms with Crippen molar-refractivity contribution in [3.8, 4) is 0 Å². The Balaban J connectivity index is 3.57. The van der Waals surface area contributed by atoms with Gasteiger partial charge in [-0.1, -0.05) is 22.9 Å². The van der Waals surface area contributed by atoms with Crippen molar-refractivity contribution in [2.45, 2.75) is 31.0 Å². The van der Waals surface area contributed by atoms with E-state index in [2.05, 4.69) is 15.9 Å². The van der Waals surface area contributed by atoms with Gasteiger partial charge >= 0.3 is 12.4 Å². The van der Waals surface area contributed by atoms with Gasteiger partial charge in [-0.15, -0.1) is 0 Å². The minimum absolute atomic E-state index is 0.0136. The first kappa shape index (κ1) is 15.3. The molecule has 0 nitrogen and oxygen atoms in total. The normalized spacial score (nSPS) is 12.9. The SMILES string of the molecule is CCc1c(CBr)cc(C(F)(F)F)cc1C(F)(F)F. The summed E-state index contributed by atoms with van der Waals surface area (Å²) in [6, 6.07) is 0.924. The molecule has 102 valence electrons. The molecule has 0 saturated carbocycles. The summed E-state index contributed by atoms with van der Waals surface area (Å²) >= 11 is 2.92. The maximum Gasteiger partial charge on any atom is 0.416 e. The molecule has 7 heteroatoms. The summed E-state index contributed by atoms with van der Waals surface area (Å²) in [5, 5.41) is -0.0524. The van der Waals surface area contributed by atoms with Gasteiger partial charge in [0.05, 0.1) is 11.1 Å². The third kappa shape index (κ3) is 3.18. The molecule has 0 fully saturated rings. The number of halogens is 7. The van der Waals surface area contributed by atoms with E-state index in [1.54, 1.807) is 0 Å². The molecule has 0 aliphatic rings. The van der Waals surface area contributed by atoms with E-state index in [9.17, 15) is 26.3 Å². The predicted molar refractivity (Wildman–Crippen MR) is 58.5 cm³/mol. The highest BCUT2D eigenvalue weighted by molar-refractivity contribution is 9.08. The van der Waals surface area contributed by atoms with Crippen LogP contribution in [0.2, 0.25) is 0 Å². The van der Waals surface area contributed by atoms with Crippen LogP contribution in [-0.2, 0) is 24.1 Å². The largest absolute Gasteiger partial charge is 0.416 e. The van der Waals surface area contributed by atoms with Crippen LogP contribution >= 0.6 is 15.9 Å². The molecule has 1 aromatic carbocycles. The fourth-order valence-electron chi connectivity index (χ4n) is 1.69. The Bertz CT molecular complexity index is 432. The fraction of sp³-hybridized carbons (Fsp3) is 0.455. The van der Waals surface area contributed by atoms with Crippen LogP contribution in [0.5, 0.6) is 0 Å². The van der Waals surface area contributed by atoms with Crippen molar-refractivity contribution in [1.29, 1.82) is 0 Å². The standard InChI is InChI=1S/C11H9BrF6/c1-2-8-6(5-12)3-7(10(13,14)15)4-9(8)11(16,17)18/h3-4H,2,5H2,1H3. The second kappa shape index (κ2) is 5.11. The Hall–Kier alpha value is -0.720. The maximum absolute atomic E-state index is 12.7. The van der Waals surface area contributed by atoms with E-state index in [4.69, 9.17) is 0 Å². The molecule has 0 bridgehead atoms. The molecule has 0 spiro atoms. The van der Waals surface area contributed by atoms with Gasteiger partial charge in [-0.25, -0.2) is 0 Å². The van der Waals surface area contributed by atoms with Gasteiger partial charge < -0.3 is 0 Å². The molecule has 0 aliphatic carbocycles. The summed E-state index contributed by atoms with van der Waals surface area (Å²) in [6.07, 6.45) is -9.55. The third-order valence-corrected chi connectivity index (χ3v) is 3.08. The summed E-state index contributed by atoms with van der Waals surface area (Å²) < 4.78 is 75.8. The van der Waals surface area contributed by atoms with Crippen molar-refractivity contribution in [3.05, 3.63) is 34.4 Å². The van der Waals surface area contributed by atoms with Crippen LogP contribution in [0, 0.1) is 0 Å². The van der Waals surface area contributed by atoms with Crippen molar-refractivity contribution in [2.75, 3.05) is 0 Å². The Kier molecular flexibility index (Phi) is 4.35. The summed E-state index contributed by atoms with van der Waals surface area (Å²) in [7, 11) is 0. The van der Waals surface area contributed by atoms with E-state index in [1.807, 2.05) is 0 Å². The van der Waals surface area contributed by atoms with Gasteiger partial charge in [-0.2, -0.15) is 26.3 Å². The van der Waals surface area contributed by atoms with Crippen molar-refractivity contribution >= 4 is 15.9 Å². The van der Waals surface area contributed by atoms with Crippen LogP contribution in [-0.4, -0.2) is 0 Å².